The predicted molar refractivity (Wildman–Crippen MR) is 85.6 cm³/mol. The van der Waals surface area contributed by atoms with Crippen LogP contribution < -0.4 is 0 Å². The lowest BCUT2D eigenvalue weighted by Crippen LogP contribution is -2.09. The quantitative estimate of drug-likeness (QED) is 0.469. The van der Waals surface area contributed by atoms with Crippen LogP contribution in [0.25, 0.3) is 0 Å². The van der Waals surface area contributed by atoms with Gasteiger partial charge in [0.15, 0.2) is 5.78 Å². The first kappa shape index (κ1) is 15.5. The lowest BCUT2D eigenvalue weighted by molar-refractivity contribution is 0.103. The minimum Gasteiger partial charge on any atom is -0.399 e. The van der Waals surface area contributed by atoms with Crippen molar-refractivity contribution < 1.29 is 9.63 Å². The molecule has 0 unspecified atom stereocenters. The number of halogens is 2. The van der Waals surface area contributed by atoms with E-state index in [0.29, 0.717) is 32.4 Å². The molecule has 0 aliphatic heterocycles. The van der Waals surface area contributed by atoms with Crippen molar-refractivity contribution in [1.82, 2.24) is 0 Å². The fourth-order valence-corrected chi connectivity index (χ4v) is 2.39. The van der Waals surface area contributed by atoms with Crippen molar-refractivity contribution in [3.05, 3.63) is 69.2 Å². The van der Waals surface area contributed by atoms with E-state index in [4.69, 9.17) is 28.0 Å². The second-order valence-corrected chi connectivity index (χ2v) is 5.20. The van der Waals surface area contributed by atoms with Gasteiger partial charge in [-0.3, -0.25) is 4.79 Å². The third-order valence-electron chi connectivity index (χ3n) is 2.96. The van der Waals surface area contributed by atoms with E-state index in [1.807, 2.05) is 0 Å². The van der Waals surface area contributed by atoms with Gasteiger partial charge in [0.05, 0.1) is 10.7 Å². The molecule has 5 heteroatoms. The Hall–Kier alpha value is -1.84. The van der Waals surface area contributed by atoms with E-state index in [0.717, 1.165) is 0 Å². The van der Waals surface area contributed by atoms with Gasteiger partial charge in [-0.05, 0) is 31.2 Å². The molecule has 0 radical (unpaired) electrons. The van der Waals surface area contributed by atoms with E-state index in [2.05, 4.69) is 5.16 Å². The van der Waals surface area contributed by atoms with E-state index in [9.17, 15) is 4.79 Å². The van der Waals surface area contributed by atoms with Gasteiger partial charge in [-0.15, -0.1) is 0 Å². The maximum atomic E-state index is 12.7. The molecule has 0 heterocycles. The van der Waals surface area contributed by atoms with E-state index >= 15 is 0 Å². The Morgan fingerprint density at radius 1 is 1.05 bits per heavy atom. The number of ketones is 1. The monoisotopic (exact) mass is 321 g/mol. The van der Waals surface area contributed by atoms with Crippen molar-refractivity contribution in [1.29, 1.82) is 0 Å². The SMILES string of the molecule is CO/N=C(\C)c1ccc(Cl)cc1C(=O)c1ccccc1Cl. The smallest absolute Gasteiger partial charge is 0.195 e. The lowest BCUT2D eigenvalue weighted by Gasteiger charge is -2.10. The zero-order chi connectivity index (χ0) is 15.4. The summed E-state index contributed by atoms with van der Waals surface area (Å²) in [7, 11) is 1.45. The largest absolute Gasteiger partial charge is 0.399 e. The molecule has 0 aliphatic rings. The van der Waals surface area contributed by atoms with Crippen molar-refractivity contribution in [3.63, 3.8) is 0 Å². The van der Waals surface area contributed by atoms with Crippen LogP contribution in [0.5, 0.6) is 0 Å². The fraction of sp³-hybridized carbons (Fsp3) is 0.125. The van der Waals surface area contributed by atoms with Gasteiger partial charge in [0.25, 0.3) is 0 Å². The van der Waals surface area contributed by atoms with Crippen LogP contribution in [0.4, 0.5) is 0 Å². The summed E-state index contributed by atoms with van der Waals surface area (Å²) in [5.74, 6) is -0.205. The zero-order valence-electron chi connectivity index (χ0n) is 11.6. The van der Waals surface area contributed by atoms with Gasteiger partial charge in [-0.1, -0.05) is 46.6 Å². The van der Waals surface area contributed by atoms with Gasteiger partial charge in [0.2, 0.25) is 0 Å². The molecular formula is C16H13Cl2NO2. The van der Waals surface area contributed by atoms with Gasteiger partial charge >= 0.3 is 0 Å². The van der Waals surface area contributed by atoms with E-state index in [1.54, 1.807) is 49.4 Å². The molecule has 0 fully saturated rings. The Morgan fingerprint density at radius 2 is 1.76 bits per heavy atom. The Balaban J connectivity index is 2.58. The first-order valence-electron chi connectivity index (χ1n) is 6.21. The van der Waals surface area contributed by atoms with E-state index in [-0.39, 0.29) is 5.78 Å². The summed E-state index contributed by atoms with van der Waals surface area (Å²) in [6, 6.07) is 11.9. The fourth-order valence-electron chi connectivity index (χ4n) is 2.00. The van der Waals surface area contributed by atoms with Crippen LogP contribution >= 0.6 is 23.2 Å². The number of benzene rings is 2. The van der Waals surface area contributed by atoms with Gasteiger partial charge in [-0.25, -0.2) is 0 Å². The molecule has 0 atom stereocenters. The average Bonchev–Trinajstić information content (AvgIpc) is 2.47. The summed E-state index contributed by atoms with van der Waals surface area (Å²) < 4.78 is 0. The summed E-state index contributed by atoms with van der Waals surface area (Å²) in [4.78, 5) is 17.5. The molecule has 0 aromatic heterocycles. The van der Waals surface area contributed by atoms with Crippen molar-refractivity contribution in [3.8, 4) is 0 Å². The highest BCUT2D eigenvalue weighted by molar-refractivity contribution is 6.36. The van der Waals surface area contributed by atoms with Crippen molar-refractivity contribution in [2.45, 2.75) is 6.92 Å². The minimum absolute atomic E-state index is 0.205. The van der Waals surface area contributed by atoms with Crippen LogP contribution in [0.15, 0.2) is 47.6 Å². The van der Waals surface area contributed by atoms with Crippen LogP contribution in [0.2, 0.25) is 10.0 Å². The summed E-state index contributed by atoms with van der Waals surface area (Å²) in [5, 5.41) is 4.74. The molecule has 0 saturated carbocycles. The molecule has 0 amide bonds. The molecule has 21 heavy (non-hydrogen) atoms. The molecule has 0 aliphatic carbocycles. The number of rotatable bonds is 4. The van der Waals surface area contributed by atoms with Crippen LogP contribution in [0.1, 0.15) is 28.4 Å². The number of oxime groups is 1. The highest BCUT2D eigenvalue weighted by Crippen LogP contribution is 2.24. The number of carbonyl (C=O) groups is 1. The number of hydrogen-bond acceptors (Lipinski definition) is 3. The van der Waals surface area contributed by atoms with Crippen molar-refractivity contribution >= 4 is 34.7 Å². The molecule has 3 nitrogen and oxygen atoms in total. The average molecular weight is 322 g/mol. The van der Waals surface area contributed by atoms with Crippen molar-refractivity contribution in [2.75, 3.05) is 7.11 Å². The maximum Gasteiger partial charge on any atom is 0.195 e. The molecule has 2 aromatic carbocycles. The molecule has 0 bridgehead atoms. The minimum atomic E-state index is -0.205. The lowest BCUT2D eigenvalue weighted by atomic mass is 9.96. The standard InChI is InChI=1S/C16H13Cl2NO2/c1-10(19-21-2)12-8-7-11(17)9-14(12)16(20)13-5-3-4-6-15(13)18/h3-9H,1-2H3/b19-10+. The van der Waals surface area contributed by atoms with E-state index < -0.39 is 0 Å². The molecule has 0 saturated heterocycles. The Bertz CT molecular complexity index is 711. The third-order valence-corrected chi connectivity index (χ3v) is 3.53. The van der Waals surface area contributed by atoms with E-state index in [1.165, 1.54) is 7.11 Å². The van der Waals surface area contributed by atoms with Gasteiger partial charge in [0, 0.05) is 21.7 Å². The van der Waals surface area contributed by atoms with Gasteiger partial charge in [-0.2, -0.15) is 0 Å². The van der Waals surface area contributed by atoms with Gasteiger partial charge < -0.3 is 4.84 Å². The van der Waals surface area contributed by atoms with Crippen LogP contribution in [-0.4, -0.2) is 18.6 Å². The number of nitrogens with zero attached hydrogens (tertiary/aromatic N) is 1. The molecular weight excluding hydrogens is 309 g/mol. The Kier molecular flexibility index (Phi) is 4.99. The zero-order valence-corrected chi connectivity index (χ0v) is 13.1. The summed E-state index contributed by atoms with van der Waals surface area (Å²) in [6.07, 6.45) is 0. The third kappa shape index (κ3) is 3.43. The summed E-state index contributed by atoms with van der Waals surface area (Å²) >= 11 is 12.1. The molecule has 108 valence electrons. The predicted octanol–water partition coefficient (Wildman–Crippen LogP) is 4.59. The topological polar surface area (TPSA) is 38.7 Å². The molecule has 0 spiro atoms. The first-order valence-corrected chi connectivity index (χ1v) is 6.97. The second kappa shape index (κ2) is 6.74. The van der Waals surface area contributed by atoms with Crippen LogP contribution in [-0.2, 0) is 4.84 Å². The normalized spacial score (nSPS) is 11.3. The molecule has 0 N–H and O–H groups in total. The number of carbonyl (C=O) groups excluding carboxylic acids is 1. The van der Waals surface area contributed by atoms with Gasteiger partial charge in [0.1, 0.15) is 7.11 Å². The molecule has 2 aromatic rings. The van der Waals surface area contributed by atoms with Crippen LogP contribution in [0.3, 0.4) is 0 Å². The summed E-state index contributed by atoms with van der Waals surface area (Å²) in [5.41, 5.74) is 2.11. The maximum absolute atomic E-state index is 12.7. The molecule has 2 rings (SSSR count). The Morgan fingerprint density at radius 3 is 2.43 bits per heavy atom. The first-order chi connectivity index (χ1) is 10.0. The van der Waals surface area contributed by atoms with Crippen LogP contribution in [0, 0.1) is 0 Å². The second-order valence-electron chi connectivity index (χ2n) is 4.36. The highest BCUT2D eigenvalue weighted by Gasteiger charge is 2.18. The number of hydrogen-bond donors (Lipinski definition) is 0. The van der Waals surface area contributed by atoms with Crippen molar-refractivity contribution in [2.24, 2.45) is 5.16 Å². The summed E-state index contributed by atoms with van der Waals surface area (Å²) in [6.45, 7) is 1.76. The Labute approximate surface area is 133 Å². The highest BCUT2D eigenvalue weighted by atomic mass is 35.5.